The second-order valence-electron chi connectivity index (χ2n) is 6.72. The number of ether oxygens (including phenoxy) is 4. The third kappa shape index (κ3) is 6.76. The van der Waals surface area contributed by atoms with E-state index in [1.54, 1.807) is 18.2 Å². The van der Waals surface area contributed by atoms with Crippen molar-refractivity contribution in [3.05, 3.63) is 53.1 Å². The second-order valence-corrected chi connectivity index (χ2v) is 6.72. The van der Waals surface area contributed by atoms with Crippen LogP contribution in [0.3, 0.4) is 0 Å². The van der Waals surface area contributed by atoms with E-state index in [1.807, 2.05) is 26.0 Å². The summed E-state index contributed by atoms with van der Waals surface area (Å²) in [6.07, 6.45) is 2.61. The Labute approximate surface area is 186 Å². The number of amides is 3. The van der Waals surface area contributed by atoms with Crippen molar-refractivity contribution in [2.24, 2.45) is 0 Å². The van der Waals surface area contributed by atoms with Crippen molar-refractivity contribution >= 4 is 29.7 Å². The maximum absolute atomic E-state index is 12.0. The van der Waals surface area contributed by atoms with Crippen LogP contribution in [0.2, 0.25) is 0 Å². The summed E-state index contributed by atoms with van der Waals surface area (Å²) in [6.45, 7) is 3.16. The van der Waals surface area contributed by atoms with E-state index in [9.17, 15) is 14.4 Å². The molecule has 9 heteroatoms. The summed E-state index contributed by atoms with van der Waals surface area (Å²) in [5, 5.41) is 4.68. The zero-order valence-corrected chi connectivity index (χ0v) is 18.6. The third-order valence-corrected chi connectivity index (χ3v) is 4.33. The molecule has 32 heavy (non-hydrogen) atoms. The first-order chi connectivity index (χ1) is 15.3. The van der Waals surface area contributed by atoms with Gasteiger partial charge in [0, 0.05) is 11.8 Å². The summed E-state index contributed by atoms with van der Waals surface area (Å²) in [5.74, 6) is -0.251. The van der Waals surface area contributed by atoms with Gasteiger partial charge < -0.3 is 24.3 Å². The second kappa shape index (κ2) is 11.4. The van der Waals surface area contributed by atoms with Crippen molar-refractivity contribution in [3.63, 3.8) is 0 Å². The van der Waals surface area contributed by atoms with Crippen LogP contribution in [0.5, 0.6) is 17.2 Å². The molecule has 0 saturated carbocycles. The first kappa shape index (κ1) is 24.3. The van der Waals surface area contributed by atoms with Gasteiger partial charge in [0.2, 0.25) is 5.75 Å². The standard InChI is InChI=1S/C23H26N2O7/c1-14-6-8-17(15(2)10-14)24-23(28)25-20(26)13-32-21(27)9-7-16-11-18(29-3)22(31-5)19(12-16)30-4/h6-12H,13H2,1-5H3,(H2,24,25,26,28)/b9-7+. The Hall–Kier alpha value is -4.01. The fourth-order valence-electron chi connectivity index (χ4n) is 2.82. The molecule has 0 aliphatic carbocycles. The third-order valence-electron chi connectivity index (χ3n) is 4.33. The molecular formula is C23H26N2O7. The largest absolute Gasteiger partial charge is 0.493 e. The summed E-state index contributed by atoms with van der Waals surface area (Å²) >= 11 is 0. The number of hydrogen-bond donors (Lipinski definition) is 2. The van der Waals surface area contributed by atoms with Crippen LogP contribution < -0.4 is 24.8 Å². The van der Waals surface area contributed by atoms with E-state index in [2.05, 4.69) is 10.6 Å². The number of hydrogen-bond acceptors (Lipinski definition) is 7. The summed E-state index contributed by atoms with van der Waals surface area (Å²) in [4.78, 5) is 35.8. The number of anilines is 1. The highest BCUT2D eigenvalue weighted by atomic mass is 16.5. The van der Waals surface area contributed by atoms with Crippen LogP contribution in [-0.4, -0.2) is 45.8 Å². The van der Waals surface area contributed by atoms with Gasteiger partial charge in [-0.25, -0.2) is 9.59 Å². The molecule has 3 amide bonds. The van der Waals surface area contributed by atoms with Crippen LogP contribution in [0, 0.1) is 13.8 Å². The van der Waals surface area contributed by atoms with Crippen LogP contribution >= 0.6 is 0 Å². The molecule has 0 atom stereocenters. The van der Waals surface area contributed by atoms with Gasteiger partial charge in [-0.2, -0.15) is 0 Å². The topological polar surface area (TPSA) is 112 Å². The zero-order chi connectivity index (χ0) is 23.7. The minimum Gasteiger partial charge on any atom is -0.493 e. The number of nitrogens with one attached hydrogen (secondary N) is 2. The van der Waals surface area contributed by atoms with Crippen LogP contribution in [0.4, 0.5) is 10.5 Å². The first-order valence-corrected chi connectivity index (χ1v) is 9.60. The minimum atomic E-state index is -0.762. The molecule has 2 rings (SSSR count). The lowest BCUT2D eigenvalue weighted by Gasteiger charge is -2.12. The van der Waals surface area contributed by atoms with E-state index in [0.717, 1.165) is 17.2 Å². The number of imide groups is 1. The minimum absolute atomic E-state index is 0.422. The zero-order valence-electron chi connectivity index (χ0n) is 18.6. The van der Waals surface area contributed by atoms with Gasteiger partial charge in [-0.1, -0.05) is 17.7 Å². The van der Waals surface area contributed by atoms with Gasteiger partial charge in [-0.3, -0.25) is 10.1 Å². The lowest BCUT2D eigenvalue weighted by atomic mass is 10.1. The molecule has 0 aromatic heterocycles. The van der Waals surface area contributed by atoms with E-state index in [-0.39, 0.29) is 0 Å². The Bertz CT molecular complexity index is 1010. The van der Waals surface area contributed by atoms with Crippen molar-refractivity contribution < 1.29 is 33.3 Å². The van der Waals surface area contributed by atoms with Crippen molar-refractivity contribution in [1.29, 1.82) is 0 Å². The predicted octanol–water partition coefficient (Wildman–Crippen LogP) is 3.23. The molecule has 0 unspecified atom stereocenters. The molecule has 2 N–H and O–H groups in total. The number of benzene rings is 2. The lowest BCUT2D eigenvalue weighted by Crippen LogP contribution is -2.37. The van der Waals surface area contributed by atoms with Crippen molar-refractivity contribution in [3.8, 4) is 17.2 Å². The summed E-state index contributed by atoms with van der Waals surface area (Å²) < 4.78 is 20.6. The molecule has 2 aromatic rings. The Balaban J connectivity index is 1.88. The van der Waals surface area contributed by atoms with Crippen molar-refractivity contribution in [1.82, 2.24) is 5.32 Å². The van der Waals surface area contributed by atoms with Gasteiger partial charge in [0.1, 0.15) is 0 Å². The predicted molar refractivity (Wildman–Crippen MR) is 119 cm³/mol. The molecule has 0 radical (unpaired) electrons. The highest BCUT2D eigenvalue weighted by Crippen LogP contribution is 2.38. The molecule has 0 aliphatic rings. The monoisotopic (exact) mass is 442 g/mol. The number of carbonyl (C=O) groups is 3. The highest BCUT2D eigenvalue weighted by molar-refractivity contribution is 6.02. The molecule has 0 aliphatic heterocycles. The quantitative estimate of drug-likeness (QED) is 0.477. The number of carbonyl (C=O) groups excluding carboxylic acids is 3. The Morgan fingerprint density at radius 2 is 1.59 bits per heavy atom. The maximum Gasteiger partial charge on any atom is 0.331 e. The molecule has 0 fully saturated rings. The van der Waals surface area contributed by atoms with Gasteiger partial charge in [0.25, 0.3) is 5.91 Å². The number of rotatable bonds is 8. The molecular weight excluding hydrogens is 416 g/mol. The van der Waals surface area contributed by atoms with E-state index >= 15 is 0 Å². The van der Waals surface area contributed by atoms with Crippen molar-refractivity contribution in [2.45, 2.75) is 13.8 Å². The molecule has 9 nitrogen and oxygen atoms in total. The van der Waals surface area contributed by atoms with Crippen molar-refractivity contribution in [2.75, 3.05) is 33.3 Å². The van der Waals surface area contributed by atoms with Crippen LogP contribution in [0.1, 0.15) is 16.7 Å². The van der Waals surface area contributed by atoms with Crippen LogP contribution in [-0.2, 0) is 14.3 Å². The van der Waals surface area contributed by atoms with E-state index in [1.165, 1.54) is 27.4 Å². The average molecular weight is 442 g/mol. The van der Waals surface area contributed by atoms with Gasteiger partial charge in [0.05, 0.1) is 21.3 Å². The molecule has 0 spiro atoms. The highest BCUT2D eigenvalue weighted by Gasteiger charge is 2.13. The van der Waals surface area contributed by atoms with Gasteiger partial charge in [-0.05, 0) is 49.2 Å². The maximum atomic E-state index is 12.0. The molecule has 2 aromatic carbocycles. The number of esters is 1. The Morgan fingerprint density at radius 1 is 0.938 bits per heavy atom. The molecule has 0 saturated heterocycles. The molecule has 0 heterocycles. The number of methoxy groups -OCH3 is 3. The molecule has 0 bridgehead atoms. The smallest absolute Gasteiger partial charge is 0.331 e. The van der Waals surface area contributed by atoms with E-state index in [0.29, 0.717) is 28.5 Å². The summed E-state index contributed by atoms with van der Waals surface area (Å²) in [5.41, 5.74) is 3.08. The Morgan fingerprint density at radius 3 is 2.16 bits per heavy atom. The van der Waals surface area contributed by atoms with Crippen LogP contribution in [0.25, 0.3) is 6.08 Å². The lowest BCUT2D eigenvalue weighted by molar-refractivity contribution is -0.143. The van der Waals surface area contributed by atoms with E-state index < -0.39 is 24.5 Å². The fourth-order valence-corrected chi connectivity index (χ4v) is 2.82. The molecule has 170 valence electrons. The summed E-state index contributed by atoms with van der Waals surface area (Å²) in [7, 11) is 4.45. The number of urea groups is 1. The van der Waals surface area contributed by atoms with Gasteiger partial charge in [0.15, 0.2) is 18.1 Å². The first-order valence-electron chi connectivity index (χ1n) is 9.60. The van der Waals surface area contributed by atoms with E-state index in [4.69, 9.17) is 18.9 Å². The van der Waals surface area contributed by atoms with Gasteiger partial charge in [-0.15, -0.1) is 0 Å². The fraction of sp³-hybridized carbons (Fsp3) is 0.261. The number of aryl methyl sites for hydroxylation is 2. The normalized spacial score (nSPS) is 10.4. The van der Waals surface area contributed by atoms with Crippen LogP contribution in [0.15, 0.2) is 36.4 Å². The summed E-state index contributed by atoms with van der Waals surface area (Å²) in [6, 6.07) is 8.06. The average Bonchev–Trinajstić information content (AvgIpc) is 2.77. The van der Waals surface area contributed by atoms with Gasteiger partial charge >= 0.3 is 12.0 Å². The Kier molecular flexibility index (Phi) is 8.64. The SMILES string of the molecule is COc1cc(/C=C/C(=O)OCC(=O)NC(=O)Nc2ccc(C)cc2C)cc(OC)c1OC.